The predicted octanol–water partition coefficient (Wildman–Crippen LogP) is 3.01. The molecule has 0 saturated heterocycles. The Morgan fingerprint density at radius 2 is 2.07 bits per heavy atom. The van der Waals surface area contributed by atoms with Gasteiger partial charge < -0.3 is 10.6 Å². The van der Waals surface area contributed by atoms with E-state index in [4.69, 9.17) is 17.3 Å². The molecule has 0 spiro atoms. The monoisotopic (exact) mass is 212 g/mol. The second-order valence-corrected chi connectivity index (χ2v) is 4.39. The van der Waals surface area contributed by atoms with Crippen molar-refractivity contribution in [3.05, 3.63) is 23.2 Å². The standard InChI is InChI=1S/C11H17ClN2/c1-8(2)7-14(3)11-5-4-9(13)6-10(11)12/h4-6,8H,7,13H2,1-3H3. The van der Waals surface area contributed by atoms with Crippen molar-refractivity contribution in [3.63, 3.8) is 0 Å². The van der Waals surface area contributed by atoms with Gasteiger partial charge in [-0.1, -0.05) is 25.4 Å². The van der Waals surface area contributed by atoms with Crippen molar-refractivity contribution in [1.29, 1.82) is 0 Å². The number of hydrogen-bond acceptors (Lipinski definition) is 2. The molecule has 1 rings (SSSR count). The third kappa shape index (κ3) is 2.81. The predicted molar refractivity (Wildman–Crippen MR) is 64.0 cm³/mol. The quantitative estimate of drug-likeness (QED) is 0.781. The van der Waals surface area contributed by atoms with Gasteiger partial charge >= 0.3 is 0 Å². The summed E-state index contributed by atoms with van der Waals surface area (Å²) < 4.78 is 0. The Labute approximate surface area is 90.7 Å². The lowest BCUT2D eigenvalue weighted by Gasteiger charge is -2.22. The number of halogens is 1. The molecule has 14 heavy (non-hydrogen) atoms. The second-order valence-electron chi connectivity index (χ2n) is 3.99. The van der Waals surface area contributed by atoms with Gasteiger partial charge in [-0.2, -0.15) is 0 Å². The summed E-state index contributed by atoms with van der Waals surface area (Å²) in [5.41, 5.74) is 7.37. The summed E-state index contributed by atoms with van der Waals surface area (Å²) in [5.74, 6) is 0.619. The minimum absolute atomic E-state index is 0.619. The van der Waals surface area contributed by atoms with E-state index in [-0.39, 0.29) is 0 Å². The maximum atomic E-state index is 6.09. The summed E-state index contributed by atoms with van der Waals surface area (Å²) in [5, 5.41) is 0.716. The van der Waals surface area contributed by atoms with Gasteiger partial charge in [-0.05, 0) is 24.1 Å². The fourth-order valence-electron chi connectivity index (χ4n) is 1.48. The van der Waals surface area contributed by atoms with Crippen LogP contribution in [0.15, 0.2) is 18.2 Å². The third-order valence-electron chi connectivity index (χ3n) is 2.02. The summed E-state index contributed by atoms with van der Waals surface area (Å²) in [7, 11) is 2.04. The molecule has 0 aliphatic carbocycles. The normalized spacial score (nSPS) is 10.6. The number of nitrogens with two attached hydrogens (primary N) is 1. The zero-order valence-electron chi connectivity index (χ0n) is 8.92. The first-order chi connectivity index (χ1) is 6.50. The average Bonchev–Trinajstić information content (AvgIpc) is 2.01. The zero-order valence-corrected chi connectivity index (χ0v) is 9.67. The molecule has 0 aliphatic rings. The van der Waals surface area contributed by atoms with Crippen molar-refractivity contribution < 1.29 is 0 Å². The molecule has 0 aliphatic heterocycles. The van der Waals surface area contributed by atoms with Gasteiger partial charge in [0.25, 0.3) is 0 Å². The summed E-state index contributed by atoms with van der Waals surface area (Å²) >= 11 is 6.09. The summed E-state index contributed by atoms with van der Waals surface area (Å²) in [6.07, 6.45) is 0. The van der Waals surface area contributed by atoms with Crippen molar-refractivity contribution in [3.8, 4) is 0 Å². The Morgan fingerprint density at radius 1 is 1.43 bits per heavy atom. The van der Waals surface area contributed by atoms with Gasteiger partial charge in [0.2, 0.25) is 0 Å². The van der Waals surface area contributed by atoms with Crippen LogP contribution in [0.1, 0.15) is 13.8 Å². The van der Waals surface area contributed by atoms with Crippen LogP contribution in [0.5, 0.6) is 0 Å². The van der Waals surface area contributed by atoms with Gasteiger partial charge in [-0.3, -0.25) is 0 Å². The van der Waals surface area contributed by atoms with E-state index >= 15 is 0 Å². The van der Waals surface area contributed by atoms with Crippen LogP contribution in [-0.4, -0.2) is 13.6 Å². The molecular weight excluding hydrogens is 196 g/mol. The van der Waals surface area contributed by atoms with Crippen molar-refractivity contribution in [2.45, 2.75) is 13.8 Å². The molecule has 0 bridgehead atoms. The second kappa shape index (κ2) is 4.56. The topological polar surface area (TPSA) is 29.3 Å². The Morgan fingerprint density at radius 3 is 2.57 bits per heavy atom. The Bertz CT molecular complexity index is 310. The van der Waals surface area contributed by atoms with Crippen LogP contribution in [0.2, 0.25) is 5.02 Å². The van der Waals surface area contributed by atoms with Crippen LogP contribution in [-0.2, 0) is 0 Å². The SMILES string of the molecule is CC(C)CN(C)c1ccc(N)cc1Cl. The van der Waals surface area contributed by atoms with E-state index in [0.717, 1.165) is 12.2 Å². The first-order valence-electron chi connectivity index (χ1n) is 4.77. The molecule has 0 atom stereocenters. The first kappa shape index (κ1) is 11.2. The van der Waals surface area contributed by atoms with E-state index in [0.29, 0.717) is 16.6 Å². The minimum atomic E-state index is 0.619. The van der Waals surface area contributed by atoms with Crippen LogP contribution in [0, 0.1) is 5.92 Å². The summed E-state index contributed by atoms with van der Waals surface area (Å²) in [6.45, 7) is 5.35. The van der Waals surface area contributed by atoms with Crippen LogP contribution in [0.3, 0.4) is 0 Å². The molecule has 0 radical (unpaired) electrons. The average molecular weight is 213 g/mol. The Kier molecular flexibility index (Phi) is 3.64. The van der Waals surface area contributed by atoms with E-state index in [1.807, 2.05) is 19.2 Å². The smallest absolute Gasteiger partial charge is 0.0659 e. The highest BCUT2D eigenvalue weighted by Crippen LogP contribution is 2.27. The van der Waals surface area contributed by atoms with Crippen molar-refractivity contribution in [1.82, 2.24) is 0 Å². The number of anilines is 2. The largest absolute Gasteiger partial charge is 0.399 e. The molecule has 0 amide bonds. The first-order valence-corrected chi connectivity index (χ1v) is 5.14. The van der Waals surface area contributed by atoms with Gasteiger partial charge in [-0.15, -0.1) is 0 Å². The maximum absolute atomic E-state index is 6.09. The lowest BCUT2D eigenvalue weighted by atomic mass is 10.2. The fourth-order valence-corrected chi connectivity index (χ4v) is 1.81. The summed E-state index contributed by atoms with van der Waals surface area (Å²) in [4.78, 5) is 2.15. The Hall–Kier alpha value is -0.890. The van der Waals surface area contributed by atoms with Crippen molar-refractivity contribution in [2.75, 3.05) is 24.2 Å². The van der Waals surface area contributed by atoms with Gasteiger partial charge in [0.05, 0.1) is 10.7 Å². The molecule has 2 N–H and O–H groups in total. The molecule has 0 heterocycles. The van der Waals surface area contributed by atoms with E-state index < -0.39 is 0 Å². The molecule has 78 valence electrons. The molecule has 2 nitrogen and oxygen atoms in total. The minimum Gasteiger partial charge on any atom is -0.399 e. The highest BCUT2D eigenvalue weighted by molar-refractivity contribution is 6.33. The molecule has 0 saturated carbocycles. The van der Waals surface area contributed by atoms with E-state index in [1.165, 1.54) is 0 Å². The van der Waals surface area contributed by atoms with Crippen LogP contribution in [0.25, 0.3) is 0 Å². The van der Waals surface area contributed by atoms with E-state index in [2.05, 4.69) is 18.7 Å². The van der Waals surface area contributed by atoms with Gasteiger partial charge in [-0.25, -0.2) is 0 Å². The van der Waals surface area contributed by atoms with Gasteiger partial charge in [0.1, 0.15) is 0 Å². The van der Waals surface area contributed by atoms with Crippen LogP contribution >= 0.6 is 11.6 Å². The van der Waals surface area contributed by atoms with E-state index in [9.17, 15) is 0 Å². The lowest BCUT2D eigenvalue weighted by molar-refractivity contribution is 0.638. The van der Waals surface area contributed by atoms with E-state index in [1.54, 1.807) is 6.07 Å². The molecule has 1 aromatic carbocycles. The fraction of sp³-hybridized carbons (Fsp3) is 0.455. The van der Waals surface area contributed by atoms with Crippen molar-refractivity contribution >= 4 is 23.0 Å². The Balaban J connectivity index is 2.84. The number of rotatable bonds is 3. The van der Waals surface area contributed by atoms with Gasteiger partial charge in [0, 0.05) is 19.3 Å². The maximum Gasteiger partial charge on any atom is 0.0659 e. The van der Waals surface area contributed by atoms with Crippen LogP contribution < -0.4 is 10.6 Å². The number of hydrogen-bond donors (Lipinski definition) is 1. The van der Waals surface area contributed by atoms with Crippen molar-refractivity contribution in [2.24, 2.45) is 5.92 Å². The lowest BCUT2D eigenvalue weighted by Crippen LogP contribution is -2.22. The highest BCUT2D eigenvalue weighted by atomic mass is 35.5. The van der Waals surface area contributed by atoms with Gasteiger partial charge in [0.15, 0.2) is 0 Å². The highest BCUT2D eigenvalue weighted by Gasteiger charge is 2.07. The number of nitrogen functional groups attached to an aromatic ring is 1. The summed E-state index contributed by atoms with van der Waals surface area (Å²) in [6, 6.07) is 5.62. The zero-order chi connectivity index (χ0) is 10.7. The molecule has 0 unspecified atom stereocenters. The molecular formula is C11H17ClN2. The third-order valence-corrected chi connectivity index (χ3v) is 2.32. The van der Waals surface area contributed by atoms with Crippen LogP contribution in [0.4, 0.5) is 11.4 Å². The number of benzene rings is 1. The molecule has 1 aromatic rings. The molecule has 3 heteroatoms. The molecule has 0 fully saturated rings. The molecule has 0 aromatic heterocycles. The number of nitrogens with zero attached hydrogens (tertiary/aromatic N) is 1.